The number of nitrogens with zero attached hydrogens (tertiary/aromatic N) is 1. The molecule has 0 aliphatic carbocycles. The van der Waals surface area contributed by atoms with Crippen LogP contribution < -0.4 is 10.2 Å². The van der Waals surface area contributed by atoms with Crippen LogP contribution in [0.25, 0.3) is 0 Å². The number of carboxylic acids is 1. The Morgan fingerprint density at radius 2 is 2.18 bits per heavy atom. The van der Waals surface area contributed by atoms with Gasteiger partial charge in [0.2, 0.25) is 0 Å². The number of carbonyl (C=O) groups is 1. The molecule has 0 saturated heterocycles. The molecule has 1 aromatic carbocycles. The number of para-hydroxylation sites is 1. The van der Waals surface area contributed by atoms with Crippen molar-refractivity contribution in [2.24, 2.45) is 11.0 Å². The highest BCUT2D eigenvalue weighted by Gasteiger charge is 2.37. The number of ether oxygens (including phenoxy) is 1. The summed E-state index contributed by atoms with van der Waals surface area (Å²) >= 11 is 0. The summed E-state index contributed by atoms with van der Waals surface area (Å²) in [5.41, 5.74) is 4.24. The molecule has 1 aliphatic rings. The van der Waals surface area contributed by atoms with E-state index in [0.717, 1.165) is 5.56 Å². The summed E-state index contributed by atoms with van der Waals surface area (Å²) < 4.78 is 5.24. The summed E-state index contributed by atoms with van der Waals surface area (Å²) in [7, 11) is 1.57. The van der Waals surface area contributed by atoms with Gasteiger partial charge in [0, 0.05) is 5.56 Å². The van der Waals surface area contributed by atoms with Crippen molar-refractivity contribution >= 4 is 11.7 Å². The van der Waals surface area contributed by atoms with Gasteiger partial charge in [-0.05, 0) is 13.0 Å². The summed E-state index contributed by atoms with van der Waals surface area (Å²) in [6.45, 7) is 1.71. The van der Waals surface area contributed by atoms with Gasteiger partial charge in [-0.2, -0.15) is 5.10 Å². The molecule has 0 radical (unpaired) electrons. The topological polar surface area (TPSA) is 70.9 Å². The van der Waals surface area contributed by atoms with E-state index in [4.69, 9.17) is 4.74 Å². The number of aliphatic carboxylic acids is 1. The second-order valence-corrected chi connectivity index (χ2v) is 3.92. The van der Waals surface area contributed by atoms with Crippen LogP contribution >= 0.6 is 0 Å². The van der Waals surface area contributed by atoms with Crippen molar-refractivity contribution in [3.63, 3.8) is 0 Å². The molecule has 2 N–H and O–H groups in total. The number of hydrogen-bond donors (Lipinski definition) is 2. The molecule has 0 aromatic heterocycles. The standard InChI is InChI=1S/C12H14N2O3/c1-7-10(12(15)16)11(14-13-7)8-5-3-4-6-9(8)17-2/h3-6,10-11,14H,1-2H3,(H,15,16). The van der Waals surface area contributed by atoms with Gasteiger partial charge in [-0.3, -0.25) is 4.79 Å². The van der Waals surface area contributed by atoms with Crippen LogP contribution in [0, 0.1) is 5.92 Å². The van der Waals surface area contributed by atoms with Gasteiger partial charge in [0.15, 0.2) is 0 Å². The second kappa shape index (κ2) is 4.45. The lowest BCUT2D eigenvalue weighted by molar-refractivity contribution is -0.139. The third-order valence-corrected chi connectivity index (χ3v) is 2.90. The highest BCUT2D eigenvalue weighted by atomic mass is 16.5. The Morgan fingerprint density at radius 1 is 1.47 bits per heavy atom. The molecule has 1 heterocycles. The molecule has 1 aliphatic heterocycles. The minimum atomic E-state index is -0.882. The van der Waals surface area contributed by atoms with E-state index in [1.54, 1.807) is 14.0 Å². The fourth-order valence-electron chi connectivity index (χ4n) is 2.05. The van der Waals surface area contributed by atoms with Crippen molar-refractivity contribution in [2.45, 2.75) is 13.0 Å². The summed E-state index contributed by atoms with van der Waals surface area (Å²) in [6, 6.07) is 6.99. The fourth-order valence-corrected chi connectivity index (χ4v) is 2.05. The molecule has 2 unspecified atom stereocenters. The number of nitrogens with one attached hydrogen (secondary N) is 1. The lowest BCUT2D eigenvalue weighted by Gasteiger charge is -2.18. The average Bonchev–Trinajstić information content (AvgIpc) is 2.71. The Hall–Kier alpha value is -2.04. The van der Waals surface area contributed by atoms with Gasteiger partial charge >= 0.3 is 5.97 Å². The summed E-state index contributed by atoms with van der Waals surface area (Å²) in [5.74, 6) is -0.861. The third kappa shape index (κ3) is 1.95. The van der Waals surface area contributed by atoms with E-state index in [0.29, 0.717) is 11.5 Å². The Kier molecular flexibility index (Phi) is 2.99. The molecule has 2 atom stereocenters. The van der Waals surface area contributed by atoms with Gasteiger partial charge < -0.3 is 15.3 Å². The monoisotopic (exact) mass is 234 g/mol. The maximum absolute atomic E-state index is 11.2. The van der Waals surface area contributed by atoms with E-state index in [2.05, 4.69) is 10.5 Å². The van der Waals surface area contributed by atoms with Crippen LogP contribution in [0.2, 0.25) is 0 Å². The predicted molar refractivity (Wildman–Crippen MR) is 63.1 cm³/mol. The van der Waals surface area contributed by atoms with Crippen LogP contribution in [0.1, 0.15) is 18.5 Å². The molecule has 5 nitrogen and oxygen atoms in total. The molecule has 90 valence electrons. The molecule has 0 amide bonds. The first-order valence-electron chi connectivity index (χ1n) is 5.30. The number of rotatable bonds is 3. The molecule has 2 rings (SSSR count). The fraction of sp³-hybridized carbons (Fsp3) is 0.333. The van der Waals surface area contributed by atoms with E-state index in [1.165, 1.54) is 0 Å². The van der Waals surface area contributed by atoms with Crippen molar-refractivity contribution in [3.8, 4) is 5.75 Å². The first kappa shape index (κ1) is 11.4. The van der Waals surface area contributed by atoms with Crippen LogP contribution in [-0.2, 0) is 4.79 Å². The van der Waals surface area contributed by atoms with Gasteiger partial charge in [0.1, 0.15) is 11.7 Å². The zero-order valence-electron chi connectivity index (χ0n) is 9.68. The first-order chi connectivity index (χ1) is 8.15. The lowest BCUT2D eigenvalue weighted by atomic mass is 9.91. The normalized spacial score (nSPS) is 22.8. The third-order valence-electron chi connectivity index (χ3n) is 2.90. The van der Waals surface area contributed by atoms with Gasteiger partial charge in [-0.15, -0.1) is 0 Å². The average molecular weight is 234 g/mol. The molecule has 0 saturated carbocycles. The van der Waals surface area contributed by atoms with Crippen molar-refractivity contribution in [2.75, 3.05) is 7.11 Å². The zero-order chi connectivity index (χ0) is 12.4. The van der Waals surface area contributed by atoms with Crippen LogP contribution in [0.3, 0.4) is 0 Å². The Balaban J connectivity index is 2.38. The zero-order valence-corrected chi connectivity index (χ0v) is 9.68. The summed E-state index contributed by atoms with van der Waals surface area (Å²) in [6.07, 6.45) is 0. The van der Waals surface area contributed by atoms with E-state index < -0.39 is 11.9 Å². The number of hydrogen-bond acceptors (Lipinski definition) is 4. The van der Waals surface area contributed by atoms with Crippen LogP contribution in [-0.4, -0.2) is 23.9 Å². The molecule has 0 fully saturated rings. The lowest BCUT2D eigenvalue weighted by Crippen LogP contribution is -2.28. The largest absolute Gasteiger partial charge is 0.496 e. The summed E-state index contributed by atoms with van der Waals surface area (Å²) in [5, 5.41) is 13.2. The molecule has 0 bridgehead atoms. The molecular weight excluding hydrogens is 220 g/mol. The van der Waals surface area contributed by atoms with Crippen molar-refractivity contribution in [1.82, 2.24) is 5.43 Å². The molecular formula is C12H14N2O3. The maximum atomic E-state index is 11.2. The predicted octanol–water partition coefficient (Wildman–Crippen LogP) is 1.42. The highest BCUT2D eigenvalue weighted by molar-refractivity contribution is 6.02. The number of carboxylic acid groups (broad SMARTS) is 1. The van der Waals surface area contributed by atoms with Gasteiger partial charge in [0.25, 0.3) is 0 Å². The second-order valence-electron chi connectivity index (χ2n) is 3.92. The quantitative estimate of drug-likeness (QED) is 0.829. The summed E-state index contributed by atoms with van der Waals surface area (Å²) in [4.78, 5) is 11.2. The van der Waals surface area contributed by atoms with Gasteiger partial charge in [-0.25, -0.2) is 0 Å². The van der Waals surface area contributed by atoms with E-state index in [-0.39, 0.29) is 6.04 Å². The SMILES string of the molecule is COc1ccccc1C1NN=C(C)C1C(=O)O. The first-order valence-corrected chi connectivity index (χ1v) is 5.30. The van der Waals surface area contributed by atoms with E-state index in [9.17, 15) is 9.90 Å². The number of benzene rings is 1. The number of methoxy groups -OCH3 is 1. The van der Waals surface area contributed by atoms with Crippen molar-refractivity contribution in [1.29, 1.82) is 0 Å². The van der Waals surface area contributed by atoms with Crippen LogP contribution in [0.5, 0.6) is 5.75 Å². The molecule has 0 spiro atoms. The maximum Gasteiger partial charge on any atom is 0.314 e. The Bertz CT molecular complexity index is 471. The minimum Gasteiger partial charge on any atom is -0.496 e. The molecule has 5 heteroatoms. The molecule has 1 aromatic rings. The van der Waals surface area contributed by atoms with Crippen LogP contribution in [0.4, 0.5) is 0 Å². The Morgan fingerprint density at radius 3 is 2.82 bits per heavy atom. The van der Waals surface area contributed by atoms with Gasteiger partial charge in [-0.1, -0.05) is 18.2 Å². The minimum absolute atomic E-state index is 0.372. The number of hydrazone groups is 1. The smallest absolute Gasteiger partial charge is 0.314 e. The van der Waals surface area contributed by atoms with Crippen molar-refractivity contribution < 1.29 is 14.6 Å². The van der Waals surface area contributed by atoms with Gasteiger partial charge in [0.05, 0.1) is 18.9 Å². The Labute approximate surface area is 99.1 Å². The highest BCUT2D eigenvalue weighted by Crippen LogP contribution is 2.33. The van der Waals surface area contributed by atoms with E-state index >= 15 is 0 Å². The molecule has 17 heavy (non-hydrogen) atoms. The van der Waals surface area contributed by atoms with E-state index in [1.807, 2.05) is 24.3 Å². The van der Waals surface area contributed by atoms with Crippen LogP contribution in [0.15, 0.2) is 29.4 Å². The van der Waals surface area contributed by atoms with Crippen molar-refractivity contribution in [3.05, 3.63) is 29.8 Å².